The van der Waals surface area contributed by atoms with Gasteiger partial charge in [0.05, 0.1) is 19.3 Å². The lowest BCUT2D eigenvalue weighted by Gasteiger charge is -2.13. The zero-order chi connectivity index (χ0) is 20.1. The van der Waals surface area contributed by atoms with Crippen molar-refractivity contribution in [2.45, 2.75) is 25.1 Å². The number of anilines is 1. The molecule has 1 fully saturated rings. The summed E-state index contributed by atoms with van der Waals surface area (Å²) >= 11 is 7.35. The molecule has 6 nitrogen and oxygen atoms in total. The van der Waals surface area contributed by atoms with Crippen molar-refractivity contribution in [1.82, 2.24) is 5.32 Å². The molecule has 2 aromatic rings. The predicted molar refractivity (Wildman–Crippen MR) is 113 cm³/mol. The second-order valence-electron chi connectivity index (χ2n) is 6.26. The van der Waals surface area contributed by atoms with Gasteiger partial charge >= 0.3 is 0 Å². The van der Waals surface area contributed by atoms with E-state index in [0.29, 0.717) is 28.2 Å². The first-order valence-corrected chi connectivity index (χ1v) is 9.92. The summed E-state index contributed by atoms with van der Waals surface area (Å²) in [5, 5.41) is 6.10. The highest BCUT2D eigenvalue weighted by Crippen LogP contribution is 2.31. The molecule has 0 spiro atoms. The molecule has 1 atom stereocenters. The molecule has 1 unspecified atom stereocenters. The summed E-state index contributed by atoms with van der Waals surface area (Å²) in [5.41, 5.74) is 2.40. The van der Waals surface area contributed by atoms with Gasteiger partial charge in [0.25, 0.3) is 0 Å². The van der Waals surface area contributed by atoms with Gasteiger partial charge in [0.1, 0.15) is 11.0 Å². The second-order valence-corrected chi connectivity index (χ2v) is 7.86. The number of halogens is 1. The number of aryl methyl sites for hydroxylation is 1. The second kappa shape index (κ2) is 9.12. The zero-order valence-electron chi connectivity index (χ0n) is 15.5. The van der Waals surface area contributed by atoms with Crippen LogP contribution in [-0.2, 0) is 16.1 Å². The average Bonchev–Trinajstić information content (AvgIpc) is 3.03. The lowest BCUT2D eigenvalue weighted by molar-refractivity contribution is -0.122. The molecule has 0 bridgehead atoms. The Labute approximate surface area is 172 Å². The van der Waals surface area contributed by atoms with Crippen molar-refractivity contribution >= 4 is 46.0 Å². The highest BCUT2D eigenvalue weighted by atomic mass is 35.5. The third-order valence-electron chi connectivity index (χ3n) is 4.15. The molecular weight excluding hydrogens is 398 g/mol. The van der Waals surface area contributed by atoms with E-state index in [1.165, 1.54) is 18.9 Å². The Hall–Kier alpha value is -2.51. The minimum absolute atomic E-state index is 0.0334. The van der Waals surface area contributed by atoms with Crippen LogP contribution in [0.2, 0.25) is 5.02 Å². The first-order valence-electron chi connectivity index (χ1n) is 8.66. The number of ether oxygens (including phenoxy) is 1. The first kappa shape index (κ1) is 20.2. The topological polar surface area (TPSA) is 79.8 Å². The number of hydrogen-bond acceptors (Lipinski definition) is 5. The predicted octanol–water partition coefficient (Wildman–Crippen LogP) is 3.77. The van der Waals surface area contributed by atoms with E-state index in [1.54, 1.807) is 12.1 Å². The molecule has 0 aliphatic carbocycles. The molecule has 3 rings (SSSR count). The number of amidine groups is 1. The average molecular weight is 418 g/mol. The zero-order valence-corrected chi connectivity index (χ0v) is 17.1. The van der Waals surface area contributed by atoms with E-state index >= 15 is 0 Å². The molecule has 2 aromatic carbocycles. The SMILES string of the molecule is COc1cc(Cl)c(C)cc1NC(=O)CC1SC(=NCc2ccccc2)NC1=O. The Kier molecular flexibility index (Phi) is 6.59. The molecule has 0 saturated carbocycles. The number of rotatable bonds is 6. The van der Waals surface area contributed by atoms with Crippen molar-refractivity contribution in [3.05, 3.63) is 58.6 Å². The van der Waals surface area contributed by atoms with Gasteiger partial charge in [-0.3, -0.25) is 14.6 Å². The molecule has 1 aliphatic heterocycles. The number of thioether (sulfide) groups is 1. The molecule has 1 saturated heterocycles. The fraction of sp³-hybridized carbons (Fsp3) is 0.250. The molecule has 146 valence electrons. The first-order chi connectivity index (χ1) is 13.5. The molecule has 0 aromatic heterocycles. The normalized spacial score (nSPS) is 17.5. The summed E-state index contributed by atoms with van der Waals surface area (Å²) in [6, 6.07) is 13.2. The Balaban J connectivity index is 1.60. The van der Waals surface area contributed by atoms with Gasteiger partial charge in [0.15, 0.2) is 5.17 Å². The minimum atomic E-state index is -0.520. The molecule has 1 heterocycles. The lowest BCUT2D eigenvalue weighted by Crippen LogP contribution is -2.28. The minimum Gasteiger partial charge on any atom is -0.495 e. The number of carbonyl (C=O) groups excluding carboxylic acids is 2. The lowest BCUT2D eigenvalue weighted by atomic mass is 10.2. The molecule has 1 aliphatic rings. The molecule has 2 N–H and O–H groups in total. The van der Waals surface area contributed by atoms with Gasteiger partial charge in [-0.15, -0.1) is 0 Å². The molecule has 28 heavy (non-hydrogen) atoms. The van der Waals surface area contributed by atoms with E-state index in [1.807, 2.05) is 37.3 Å². The van der Waals surface area contributed by atoms with E-state index in [4.69, 9.17) is 16.3 Å². The van der Waals surface area contributed by atoms with Crippen molar-refractivity contribution in [1.29, 1.82) is 0 Å². The van der Waals surface area contributed by atoms with Gasteiger partial charge in [0.2, 0.25) is 11.8 Å². The largest absolute Gasteiger partial charge is 0.495 e. The van der Waals surface area contributed by atoms with E-state index in [-0.39, 0.29) is 18.2 Å². The molecular formula is C20H20ClN3O3S. The smallest absolute Gasteiger partial charge is 0.240 e. The van der Waals surface area contributed by atoms with E-state index in [9.17, 15) is 9.59 Å². The van der Waals surface area contributed by atoms with Gasteiger partial charge in [0, 0.05) is 17.5 Å². The van der Waals surface area contributed by atoms with Crippen molar-refractivity contribution in [3.8, 4) is 5.75 Å². The van der Waals surface area contributed by atoms with Gasteiger partial charge < -0.3 is 15.4 Å². The summed E-state index contributed by atoms with van der Waals surface area (Å²) in [4.78, 5) is 29.0. The number of hydrogen-bond donors (Lipinski definition) is 2. The number of nitrogens with zero attached hydrogens (tertiary/aromatic N) is 1. The summed E-state index contributed by atoms with van der Waals surface area (Å²) in [5.74, 6) is -0.0271. The number of amides is 2. The van der Waals surface area contributed by atoms with Crippen LogP contribution in [0.4, 0.5) is 5.69 Å². The molecule has 0 radical (unpaired) electrons. The van der Waals surface area contributed by atoms with Crippen molar-refractivity contribution in [2.24, 2.45) is 4.99 Å². The maximum Gasteiger partial charge on any atom is 0.240 e. The fourth-order valence-corrected chi connectivity index (χ4v) is 3.78. The van der Waals surface area contributed by atoms with Crippen LogP contribution in [-0.4, -0.2) is 29.3 Å². The summed E-state index contributed by atoms with van der Waals surface area (Å²) in [6.07, 6.45) is 0.0334. The van der Waals surface area contributed by atoms with Crippen molar-refractivity contribution in [3.63, 3.8) is 0 Å². The van der Waals surface area contributed by atoms with E-state index in [2.05, 4.69) is 15.6 Å². The fourth-order valence-electron chi connectivity index (χ4n) is 2.66. The quantitative estimate of drug-likeness (QED) is 0.749. The number of aliphatic imine (C=N–C) groups is 1. The molecule has 8 heteroatoms. The maximum absolute atomic E-state index is 12.4. The number of nitrogens with one attached hydrogen (secondary N) is 2. The standard InChI is InChI=1S/C20H20ClN3O3S/c1-12-8-15(16(27-2)9-14(12)21)23-18(25)10-17-19(26)24-20(28-17)22-11-13-6-4-3-5-7-13/h3-9,17H,10-11H2,1-2H3,(H,23,25)(H,22,24,26). The highest BCUT2D eigenvalue weighted by molar-refractivity contribution is 8.15. The summed E-state index contributed by atoms with van der Waals surface area (Å²) in [7, 11) is 1.51. The summed E-state index contributed by atoms with van der Waals surface area (Å²) < 4.78 is 5.26. The van der Waals surface area contributed by atoms with Crippen LogP contribution >= 0.6 is 23.4 Å². The Bertz CT molecular complexity index is 918. The third-order valence-corrected chi connectivity index (χ3v) is 5.68. The van der Waals surface area contributed by atoms with Crippen LogP contribution < -0.4 is 15.4 Å². The van der Waals surface area contributed by atoms with Crippen molar-refractivity contribution in [2.75, 3.05) is 12.4 Å². The van der Waals surface area contributed by atoms with Gasteiger partial charge in [-0.1, -0.05) is 53.7 Å². The van der Waals surface area contributed by atoms with Crippen LogP contribution in [0.25, 0.3) is 0 Å². The van der Waals surface area contributed by atoms with Gasteiger partial charge in [-0.25, -0.2) is 0 Å². The van der Waals surface area contributed by atoms with Crippen LogP contribution in [0, 0.1) is 6.92 Å². The van der Waals surface area contributed by atoms with Crippen molar-refractivity contribution < 1.29 is 14.3 Å². The Morgan fingerprint density at radius 3 is 2.79 bits per heavy atom. The highest BCUT2D eigenvalue weighted by Gasteiger charge is 2.32. The molecule has 2 amide bonds. The van der Waals surface area contributed by atoms with E-state index < -0.39 is 5.25 Å². The third kappa shape index (κ3) is 5.05. The Morgan fingerprint density at radius 2 is 2.07 bits per heavy atom. The van der Waals surface area contributed by atoms with Crippen LogP contribution in [0.5, 0.6) is 5.75 Å². The summed E-state index contributed by atoms with van der Waals surface area (Å²) in [6.45, 7) is 2.32. The number of carbonyl (C=O) groups is 2. The van der Waals surface area contributed by atoms with Gasteiger partial charge in [-0.05, 0) is 24.1 Å². The number of benzene rings is 2. The maximum atomic E-state index is 12.4. The monoisotopic (exact) mass is 417 g/mol. The Morgan fingerprint density at radius 1 is 1.32 bits per heavy atom. The number of methoxy groups -OCH3 is 1. The van der Waals surface area contributed by atoms with Gasteiger partial charge in [-0.2, -0.15) is 0 Å². The van der Waals surface area contributed by atoms with E-state index in [0.717, 1.165) is 11.1 Å². The van der Waals surface area contributed by atoms with Crippen LogP contribution in [0.1, 0.15) is 17.5 Å². The van der Waals surface area contributed by atoms with Crippen LogP contribution in [0.3, 0.4) is 0 Å². The van der Waals surface area contributed by atoms with Crippen LogP contribution in [0.15, 0.2) is 47.5 Å².